The highest BCUT2D eigenvalue weighted by Gasteiger charge is 2.48. The third kappa shape index (κ3) is 2.93. The number of hydrogen-bond acceptors (Lipinski definition) is 3. The number of carbonyl (C=O) groups excluding carboxylic acids is 2. The molecule has 2 bridgehead atoms. The molecule has 2 amide bonds. The molecule has 2 saturated heterocycles. The van der Waals surface area contributed by atoms with E-state index in [0.29, 0.717) is 24.5 Å². The fraction of sp³-hybridized carbons (Fsp3) is 0.318. The molecule has 148 valence electrons. The molecule has 0 spiro atoms. The molecule has 7 heteroatoms. The number of hydrogen-bond donors (Lipinski definition) is 1. The van der Waals surface area contributed by atoms with Gasteiger partial charge in [-0.1, -0.05) is 18.2 Å². The summed E-state index contributed by atoms with van der Waals surface area (Å²) in [5, 5.41) is 0. The van der Waals surface area contributed by atoms with Crippen LogP contribution in [-0.4, -0.2) is 61.3 Å². The van der Waals surface area contributed by atoms with Crippen molar-refractivity contribution in [3.8, 4) is 5.69 Å². The van der Waals surface area contributed by atoms with Gasteiger partial charge < -0.3 is 19.4 Å². The molecule has 1 aromatic carbocycles. The number of amides is 2. The van der Waals surface area contributed by atoms with Gasteiger partial charge >= 0.3 is 0 Å². The van der Waals surface area contributed by atoms with E-state index < -0.39 is 0 Å². The van der Waals surface area contributed by atoms with Crippen LogP contribution in [0.1, 0.15) is 38.7 Å². The topological polar surface area (TPSA) is 74.2 Å². The third-order valence-corrected chi connectivity index (χ3v) is 5.98. The molecule has 0 aliphatic carbocycles. The van der Waals surface area contributed by atoms with Crippen molar-refractivity contribution in [2.75, 3.05) is 13.1 Å². The van der Waals surface area contributed by atoms with E-state index in [1.807, 2.05) is 64.6 Å². The minimum absolute atomic E-state index is 0.0311. The smallest absolute Gasteiger partial charge is 0.274 e. The molecule has 29 heavy (non-hydrogen) atoms. The van der Waals surface area contributed by atoms with Crippen molar-refractivity contribution in [3.05, 3.63) is 71.6 Å². The van der Waals surface area contributed by atoms with Crippen LogP contribution in [-0.2, 0) is 0 Å². The number of imidazole rings is 1. The first-order valence-corrected chi connectivity index (χ1v) is 9.89. The number of H-pyrrole nitrogens is 1. The summed E-state index contributed by atoms with van der Waals surface area (Å²) in [6.07, 6.45) is 4.27. The first-order chi connectivity index (χ1) is 14.0. The highest BCUT2D eigenvalue weighted by Crippen LogP contribution is 2.33. The molecule has 3 aromatic rings. The number of nitrogens with one attached hydrogen (secondary N) is 1. The van der Waals surface area contributed by atoms with Gasteiger partial charge in [0.05, 0.1) is 12.1 Å². The Morgan fingerprint density at radius 2 is 1.72 bits per heavy atom. The lowest BCUT2D eigenvalue weighted by Gasteiger charge is -2.33. The molecule has 2 fully saturated rings. The van der Waals surface area contributed by atoms with Gasteiger partial charge in [0.2, 0.25) is 0 Å². The minimum atomic E-state index is -0.0637. The number of piperazine rings is 1. The summed E-state index contributed by atoms with van der Waals surface area (Å²) in [5.41, 5.74) is 4.02. The quantitative estimate of drug-likeness (QED) is 0.748. The second-order valence-electron chi connectivity index (χ2n) is 7.97. The van der Waals surface area contributed by atoms with E-state index in [1.54, 1.807) is 12.5 Å². The first-order valence-electron chi connectivity index (χ1n) is 9.89. The van der Waals surface area contributed by atoms with Crippen molar-refractivity contribution in [1.82, 2.24) is 24.3 Å². The number of para-hydroxylation sites is 1. The second-order valence-corrected chi connectivity index (χ2v) is 7.97. The minimum Gasteiger partial charge on any atom is -0.354 e. The van der Waals surface area contributed by atoms with Gasteiger partial charge in [0.1, 0.15) is 17.7 Å². The summed E-state index contributed by atoms with van der Waals surface area (Å²) in [6.45, 7) is 5.04. The van der Waals surface area contributed by atoms with Crippen LogP contribution in [0.4, 0.5) is 0 Å². The Hall–Kier alpha value is -3.35. The largest absolute Gasteiger partial charge is 0.354 e. The van der Waals surface area contributed by atoms with Crippen molar-refractivity contribution in [1.29, 1.82) is 0 Å². The predicted octanol–water partition coefficient (Wildman–Crippen LogP) is 2.56. The fourth-order valence-corrected chi connectivity index (χ4v) is 4.58. The number of fused-ring (bicyclic) bond motifs is 2. The van der Waals surface area contributed by atoms with Crippen molar-refractivity contribution < 1.29 is 9.59 Å². The van der Waals surface area contributed by atoms with Gasteiger partial charge in [-0.2, -0.15) is 0 Å². The summed E-state index contributed by atoms with van der Waals surface area (Å²) in [7, 11) is 0. The summed E-state index contributed by atoms with van der Waals surface area (Å²) in [5.74, 6) is -0.0327. The zero-order chi connectivity index (χ0) is 20.1. The zero-order valence-electron chi connectivity index (χ0n) is 16.5. The number of aromatic nitrogens is 3. The number of rotatable bonds is 3. The first kappa shape index (κ1) is 17.7. The molecule has 1 N–H and O–H groups in total. The van der Waals surface area contributed by atoms with Gasteiger partial charge in [0.25, 0.3) is 11.8 Å². The standard InChI is InChI=1S/C22H23N5O2/c1-14-8-15(2)24-20(14)22(29)27-11-17-9-18(27)10-26(17)21(28)19-12-25(13-23-19)16-6-4-3-5-7-16/h3-8,12-13,17-18,24H,9-11H2,1-2H3/t17-,18-/m0/s1. The molecule has 2 aliphatic heterocycles. The van der Waals surface area contributed by atoms with Crippen LogP contribution in [0, 0.1) is 13.8 Å². The van der Waals surface area contributed by atoms with E-state index in [0.717, 1.165) is 23.4 Å². The molecule has 2 atom stereocenters. The normalized spacial score (nSPS) is 20.5. The molecule has 0 saturated carbocycles. The maximum absolute atomic E-state index is 13.0. The maximum atomic E-state index is 13.0. The Bertz CT molecular complexity index is 1080. The number of benzene rings is 1. The predicted molar refractivity (Wildman–Crippen MR) is 108 cm³/mol. The summed E-state index contributed by atoms with van der Waals surface area (Å²) < 4.78 is 1.85. The summed E-state index contributed by atoms with van der Waals surface area (Å²) >= 11 is 0. The Labute approximate surface area is 169 Å². The average molecular weight is 389 g/mol. The molecule has 2 aliphatic rings. The molecular weight excluding hydrogens is 366 g/mol. The zero-order valence-corrected chi connectivity index (χ0v) is 16.5. The van der Waals surface area contributed by atoms with Crippen LogP contribution in [0.25, 0.3) is 5.69 Å². The second kappa shape index (κ2) is 6.62. The van der Waals surface area contributed by atoms with Gasteiger partial charge in [0.15, 0.2) is 0 Å². The molecule has 2 aromatic heterocycles. The van der Waals surface area contributed by atoms with E-state index in [1.165, 1.54) is 0 Å². The van der Waals surface area contributed by atoms with Gasteiger partial charge in [-0.25, -0.2) is 4.98 Å². The Morgan fingerprint density at radius 3 is 2.34 bits per heavy atom. The van der Waals surface area contributed by atoms with Crippen LogP contribution in [0.3, 0.4) is 0 Å². The van der Waals surface area contributed by atoms with E-state index >= 15 is 0 Å². The number of carbonyl (C=O) groups is 2. The number of nitrogens with zero attached hydrogens (tertiary/aromatic N) is 4. The van der Waals surface area contributed by atoms with Gasteiger partial charge in [0, 0.05) is 30.7 Å². The summed E-state index contributed by atoms with van der Waals surface area (Å²) in [6, 6.07) is 11.9. The highest BCUT2D eigenvalue weighted by atomic mass is 16.2. The molecule has 4 heterocycles. The number of aryl methyl sites for hydroxylation is 2. The van der Waals surface area contributed by atoms with E-state index in [2.05, 4.69) is 9.97 Å². The Kier molecular flexibility index (Phi) is 4.04. The van der Waals surface area contributed by atoms with Crippen LogP contribution < -0.4 is 0 Å². The summed E-state index contributed by atoms with van der Waals surface area (Å²) in [4.78, 5) is 37.3. The lowest BCUT2D eigenvalue weighted by molar-refractivity contribution is 0.0520. The highest BCUT2D eigenvalue weighted by molar-refractivity contribution is 5.96. The molecule has 0 unspecified atom stereocenters. The fourth-order valence-electron chi connectivity index (χ4n) is 4.58. The van der Waals surface area contributed by atoms with E-state index in [9.17, 15) is 9.59 Å². The van der Waals surface area contributed by atoms with Crippen LogP contribution in [0.5, 0.6) is 0 Å². The lowest BCUT2D eigenvalue weighted by Crippen LogP contribution is -2.50. The van der Waals surface area contributed by atoms with Crippen molar-refractivity contribution >= 4 is 11.8 Å². The van der Waals surface area contributed by atoms with Gasteiger partial charge in [-0.15, -0.1) is 0 Å². The Balaban J connectivity index is 1.30. The van der Waals surface area contributed by atoms with Crippen molar-refractivity contribution in [2.45, 2.75) is 32.4 Å². The average Bonchev–Trinajstić information content (AvgIpc) is 3.51. The SMILES string of the molecule is Cc1cc(C)c(C(=O)N2C[C@@H]3C[C@H]2CN3C(=O)c2cn(-c3ccccc3)cn2)[nH]1. The number of aromatic amines is 1. The molecule has 0 radical (unpaired) electrons. The van der Waals surface area contributed by atoms with Gasteiger partial charge in [-0.3, -0.25) is 9.59 Å². The van der Waals surface area contributed by atoms with Crippen molar-refractivity contribution in [2.24, 2.45) is 0 Å². The maximum Gasteiger partial charge on any atom is 0.274 e. The van der Waals surface area contributed by atoms with Crippen LogP contribution in [0.15, 0.2) is 48.9 Å². The molecule has 5 rings (SSSR count). The lowest BCUT2D eigenvalue weighted by atomic mass is 10.2. The van der Waals surface area contributed by atoms with E-state index in [4.69, 9.17) is 0 Å². The third-order valence-electron chi connectivity index (χ3n) is 5.98. The Morgan fingerprint density at radius 1 is 1.03 bits per heavy atom. The monoisotopic (exact) mass is 389 g/mol. The van der Waals surface area contributed by atoms with Crippen LogP contribution in [0.2, 0.25) is 0 Å². The van der Waals surface area contributed by atoms with Crippen molar-refractivity contribution in [3.63, 3.8) is 0 Å². The van der Waals surface area contributed by atoms with Crippen LogP contribution >= 0.6 is 0 Å². The number of likely N-dealkylation sites (tertiary alicyclic amines) is 2. The van der Waals surface area contributed by atoms with Gasteiger partial charge in [-0.05, 0) is 44.0 Å². The molecular formula is C22H23N5O2. The van der Waals surface area contributed by atoms with E-state index in [-0.39, 0.29) is 23.9 Å². The molecule has 7 nitrogen and oxygen atoms in total.